The number of aryl methyl sites for hydroxylation is 1. The second-order valence-corrected chi connectivity index (χ2v) is 3.13. The number of carbonyl (C=O) groups excluding carboxylic acids is 1. The number of aldehydes is 1. The molecule has 0 radical (unpaired) electrons. The van der Waals surface area contributed by atoms with Crippen LogP contribution < -0.4 is 10.1 Å². The van der Waals surface area contributed by atoms with Gasteiger partial charge < -0.3 is 14.8 Å². The Hall–Kier alpha value is -1.35. The minimum absolute atomic E-state index is 0.236. The molecule has 1 N–H and O–H groups in total. The van der Waals surface area contributed by atoms with Gasteiger partial charge in [0, 0.05) is 0 Å². The van der Waals surface area contributed by atoms with Crippen LogP contribution in [0, 0.1) is 6.92 Å². The van der Waals surface area contributed by atoms with E-state index in [1.165, 1.54) is 0 Å². The Balaban J connectivity index is 3.01. The van der Waals surface area contributed by atoms with Crippen LogP contribution in [0.2, 0.25) is 0 Å². The number of methoxy groups -OCH3 is 1. The van der Waals surface area contributed by atoms with Crippen LogP contribution >= 0.6 is 0 Å². The Labute approximate surface area is 84.1 Å². The summed E-state index contributed by atoms with van der Waals surface area (Å²) in [6.07, 6.45) is 0.890. The van der Waals surface area contributed by atoms with Crippen LogP contribution in [-0.2, 0) is 4.79 Å². The monoisotopic (exact) mass is 193 g/mol. The maximum absolute atomic E-state index is 10.7. The van der Waals surface area contributed by atoms with Crippen molar-refractivity contribution < 1.29 is 9.53 Å². The smallest absolute Gasteiger partial charge is 0.141 e. The molecule has 0 aliphatic rings. The summed E-state index contributed by atoms with van der Waals surface area (Å²) in [4.78, 5) is 10.7. The molecule has 1 aromatic rings. The molecule has 0 spiro atoms. The second-order valence-electron chi connectivity index (χ2n) is 3.13. The van der Waals surface area contributed by atoms with Crippen molar-refractivity contribution in [2.75, 3.05) is 14.2 Å². The van der Waals surface area contributed by atoms with Crippen LogP contribution in [0.25, 0.3) is 0 Å². The van der Waals surface area contributed by atoms with Gasteiger partial charge in [-0.2, -0.15) is 0 Å². The van der Waals surface area contributed by atoms with Crippen molar-refractivity contribution in [3.05, 3.63) is 29.3 Å². The average Bonchev–Trinajstić information content (AvgIpc) is 2.20. The molecule has 1 unspecified atom stereocenters. The van der Waals surface area contributed by atoms with Crippen LogP contribution in [0.15, 0.2) is 18.2 Å². The highest BCUT2D eigenvalue weighted by atomic mass is 16.5. The van der Waals surface area contributed by atoms with E-state index in [1.807, 2.05) is 25.1 Å². The molecule has 0 saturated carbocycles. The zero-order chi connectivity index (χ0) is 10.6. The van der Waals surface area contributed by atoms with Crippen molar-refractivity contribution in [2.45, 2.75) is 13.0 Å². The summed E-state index contributed by atoms with van der Waals surface area (Å²) in [5.41, 5.74) is 1.99. The van der Waals surface area contributed by atoms with Gasteiger partial charge in [0.25, 0.3) is 0 Å². The Morgan fingerprint density at radius 2 is 2.21 bits per heavy atom. The number of carbonyl (C=O) groups is 1. The third-order valence-corrected chi connectivity index (χ3v) is 2.23. The van der Waals surface area contributed by atoms with E-state index >= 15 is 0 Å². The highest BCUT2D eigenvalue weighted by Crippen LogP contribution is 2.21. The molecule has 0 aliphatic heterocycles. The molecular weight excluding hydrogens is 178 g/mol. The number of hydrogen-bond donors (Lipinski definition) is 1. The van der Waals surface area contributed by atoms with Gasteiger partial charge in [-0.25, -0.2) is 0 Å². The van der Waals surface area contributed by atoms with Gasteiger partial charge in [0.15, 0.2) is 0 Å². The fourth-order valence-corrected chi connectivity index (χ4v) is 1.41. The predicted molar refractivity (Wildman–Crippen MR) is 55.6 cm³/mol. The van der Waals surface area contributed by atoms with Gasteiger partial charge >= 0.3 is 0 Å². The molecule has 0 aromatic heterocycles. The van der Waals surface area contributed by atoms with Crippen LogP contribution in [0.5, 0.6) is 5.75 Å². The zero-order valence-electron chi connectivity index (χ0n) is 8.70. The molecule has 14 heavy (non-hydrogen) atoms. The quantitative estimate of drug-likeness (QED) is 0.736. The Kier molecular flexibility index (Phi) is 3.65. The van der Waals surface area contributed by atoms with Gasteiger partial charge in [0.2, 0.25) is 0 Å². The molecule has 76 valence electrons. The summed E-state index contributed by atoms with van der Waals surface area (Å²) in [7, 11) is 3.40. The lowest BCUT2D eigenvalue weighted by atomic mass is 10.1. The highest BCUT2D eigenvalue weighted by molar-refractivity contribution is 5.62. The molecular formula is C11H15NO2. The molecule has 0 fully saturated rings. The SMILES string of the molecule is CNC(C=O)c1ccc(OC)c(C)c1. The summed E-state index contributed by atoms with van der Waals surface area (Å²) in [5, 5.41) is 2.92. The molecule has 3 heteroatoms. The lowest BCUT2D eigenvalue weighted by Gasteiger charge is -2.11. The molecule has 1 atom stereocenters. The topological polar surface area (TPSA) is 38.3 Å². The van der Waals surface area contributed by atoms with E-state index < -0.39 is 0 Å². The summed E-state index contributed by atoms with van der Waals surface area (Å²) in [6.45, 7) is 1.96. The van der Waals surface area contributed by atoms with Gasteiger partial charge in [-0.05, 0) is 31.2 Å². The van der Waals surface area contributed by atoms with Crippen LogP contribution in [0.3, 0.4) is 0 Å². The lowest BCUT2D eigenvalue weighted by molar-refractivity contribution is -0.109. The maximum Gasteiger partial charge on any atom is 0.141 e. The lowest BCUT2D eigenvalue weighted by Crippen LogP contribution is -2.17. The first-order valence-corrected chi connectivity index (χ1v) is 4.50. The van der Waals surface area contributed by atoms with Crippen molar-refractivity contribution >= 4 is 6.29 Å². The molecule has 0 saturated heterocycles. The third kappa shape index (κ3) is 2.12. The van der Waals surface area contributed by atoms with Gasteiger partial charge in [-0.1, -0.05) is 12.1 Å². The van der Waals surface area contributed by atoms with E-state index in [1.54, 1.807) is 14.2 Å². The van der Waals surface area contributed by atoms with Gasteiger partial charge in [0.1, 0.15) is 12.0 Å². The average molecular weight is 193 g/mol. The van der Waals surface area contributed by atoms with Crippen molar-refractivity contribution in [1.82, 2.24) is 5.32 Å². The van der Waals surface area contributed by atoms with Crippen molar-refractivity contribution in [2.24, 2.45) is 0 Å². The summed E-state index contributed by atoms with van der Waals surface area (Å²) in [5.74, 6) is 0.842. The van der Waals surface area contributed by atoms with E-state index in [-0.39, 0.29) is 6.04 Å². The molecule has 0 heterocycles. The number of benzene rings is 1. The zero-order valence-corrected chi connectivity index (χ0v) is 8.70. The number of nitrogens with one attached hydrogen (secondary N) is 1. The van der Waals surface area contributed by atoms with Crippen LogP contribution in [0.4, 0.5) is 0 Å². The standard InChI is InChI=1S/C11H15NO2/c1-8-6-9(10(7-13)12-2)4-5-11(8)14-3/h4-7,10,12H,1-3H3. The van der Waals surface area contributed by atoms with Crippen LogP contribution in [-0.4, -0.2) is 20.4 Å². The number of likely N-dealkylation sites (N-methyl/N-ethyl adjacent to an activating group) is 1. The van der Waals surface area contributed by atoms with Gasteiger partial charge in [-0.15, -0.1) is 0 Å². The molecule has 0 aliphatic carbocycles. The Bertz CT molecular complexity index is 323. The van der Waals surface area contributed by atoms with Crippen molar-refractivity contribution in [3.63, 3.8) is 0 Å². The molecule has 1 aromatic carbocycles. The fourth-order valence-electron chi connectivity index (χ4n) is 1.41. The normalized spacial score (nSPS) is 12.2. The van der Waals surface area contributed by atoms with Crippen LogP contribution in [0.1, 0.15) is 17.2 Å². The maximum atomic E-state index is 10.7. The van der Waals surface area contributed by atoms with Gasteiger partial charge in [0.05, 0.1) is 13.2 Å². The second kappa shape index (κ2) is 4.77. The fraction of sp³-hybridized carbons (Fsp3) is 0.364. The van der Waals surface area contributed by atoms with E-state index in [4.69, 9.17) is 4.74 Å². The number of rotatable bonds is 4. The van der Waals surface area contributed by atoms with E-state index in [0.717, 1.165) is 23.2 Å². The summed E-state index contributed by atoms with van der Waals surface area (Å²) < 4.78 is 5.14. The number of hydrogen-bond acceptors (Lipinski definition) is 3. The van der Waals surface area contributed by atoms with E-state index in [2.05, 4.69) is 5.32 Å². The van der Waals surface area contributed by atoms with E-state index in [0.29, 0.717) is 0 Å². The number of ether oxygens (including phenoxy) is 1. The predicted octanol–water partition coefficient (Wildman–Crippen LogP) is 1.46. The van der Waals surface area contributed by atoms with Crippen molar-refractivity contribution in [3.8, 4) is 5.75 Å². The summed E-state index contributed by atoms with van der Waals surface area (Å²) >= 11 is 0. The Morgan fingerprint density at radius 1 is 1.50 bits per heavy atom. The largest absolute Gasteiger partial charge is 0.496 e. The third-order valence-electron chi connectivity index (χ3n) is 2.23. The molecule has 1 rings (SSSR count). The van der Waals surface area contributed by atoms with Crippen molar-refractivity contribution in [1.29, 1.82) is 0 Å². The minimum Gasteiger partial charge on any atom is -0.496 e. The first-order chi connectivity index (χ1) is 6.72. The molecule has 3 nitrogen and oxygen atoms in total. The molecule has 0 amide bonds. The highest BCUT2D eigenvalue weighted by Gasteiger charge is 2.08. The minimum atomic E-state index is -0.236. The first-order valence-electron chi connectivity index (χ1n) is 4.50. The Morgan fingerprint density at radius 3 is 2.64 bits per heavy atom. The summed E-state index contributed by atoms with van der Waals surface area (Å²) in [6, 6.07) is 5.48. The van der Waals surface area contributed by atoms with E-state index in [9.17, 15) is 4.79 Å². The molecule has 0 bridgehead atoms. The van der Waals surface area contributed by atoms with Gasteiger partial charge in [-0.3, -0.25) is 0 Å². The first kappa shape index (κ1) is 10.7.